The van der Waals surface area contributed by atoms with Crippen LogP contribution in [0, 0.1) is 0 Å². The fraction of sp³-hybridized carbons (Fsp3) is 0.526. The van der Waals surface area contributed by atoms with Crippen LogP contribution in [0.25, 0.3) is 11.3 Å². The summed E-state index contributed by atoms with van der Waals surface area (Å²) in [6.07, 6.45) is 10.5. The van der Waals surface area contributed by atoms with Crippen molar-refractivity contribution in [2.24, 2.45) is 5.73 Å². The highest BCUT2D eigenvalue weighted by atomic mass is 15.2. The first-order chi connectivity index (χ1) is 12.3. The molecule has 0 spiro atoms. The first-order valence-electron chi connectivity index (χ1n) is 9.34. The molecule has 2 aromatic heterocycles. The molecular weight excluding hydrogens is 312 g/mol. The zero-order valence-corrected chi connectivity index (χ0v) is 14.6. The first-order valence-corrected chi connectivity index (χ1v) is 9.34. The molecule has 3 N–H and O–H groups in total. The van der Waals surface area contributed by atoms with E-state index < -0.39 is 0 Å². The normalized spacial score (nSPS) is 23.6. The van der Waals surface area contributed by atoms with Gasteiger partial charge < -0.3 is 16.0 Å². The average Bonchev–Trinajstić information content (AvgIpc) is 3.19. The van der Waals surface area contributed by atoms with E-state index in [4.69, 9.17) is 10.7 Å². The van der Waals surface area contributed by atoms with Crippen molar-refractivity contribution >= 4 is 11.8 Å². The summed E-state index contributed by atoms with van der Waals surface area (Å²) in [6, 6.07) is 6.90. The van der Waals surface area contributed by atoms with Gasteiger partial charge in [-0.3, -0.25) is 0 Å². The second-order valence-electron chi connectivity index (χ2n) is 7.12. The Morgan fingerprint density at radius 2 is 1.76 bits per heavy atom. The third-order valence-corrected chi connectivity index (χ3v) is 5.23. The maximum absolute atomic E-state index is 5.99. The summed E-state index contributed by atoms with van der Waals surface area (Å²) in [5.74, 6) is 1.75. The Labute approximate surface area is 148 Å². The van der Waals surface area contributed by atoms with Crippen molar-refractivity contribution in [3.8, 4) is 11.3 Å². The maximum Gasteiger partial charge on any atom is 0.223 e. The minimum Gasteiger partial charge on any atom is -0.357 e. The number of hydrogen-bond donors (Lipinski definition) is 2. The van der Waals surface area contributed by atoms with Crippen molar-refractivity contribution in [3.05, 3.63) is 30.6 Å². The van der Waals surface area contributed by atoms with Crippen molar-refractivity contribution in [2.75, 3.05) is 23.3 Å². The second kappa shape index (κ2) is 7.35. The average molecular weight is 338 g/mol. The molecule has 0 aromatic carbocycles. The van der Waals surface area contributed by atoms with Gasteiger partial charge in [0.15, 0.2) is 0 Å². The summed E-state index contributed by atoms with van der Waals surface area (Å²) in [7, 11) is 0. The number of nitrogens with one attached hydrogen (secondary N) is 1. The monoisotopic (exact) mass is 338 g/mol. The van der Waals surface area contributed by atoms with E-state index in [1.54, 1.807) is 0 Å². The predicted molar refractivity (Wildman–Crippen MR) is 101 cm³/mol. The quantitative estimate of drug-likeness (QED) is 0.892. The van der Waals surface area contributed by atoms with Crippen LogP contribution in [-0.2, 0) is 0 Å². The summed E-state index contributed by atoms with van der Waals surface area (Å²) >= 11 is 0. The molecule has 0 atom stereocenters. The molecule has 132 valence electrons. The Balaban J connectivity index is 1.50. The Bertz CT molecular complexity index is 705. The lowest BCUT2D eigenvalue weighted by atomic mass is 9.92. The number of nitrogens with zero attached hydrogens (tertiary/aromatic N) is 4. The molecule has 0 bridgehead atoms. The zero-order valence-electron chi connectivity index (χ0n) is 14.6. The number of hydrogen-bond acceptors (Lipinski definition) is 6. The van der Waals surface area contributed by atoms with Gasteiger partial charge >= 0.3 is 0 Å². The molecular formula is C19H26N6. The molecule has 2 aliphatic rings. The van der Waals surface area contributed by atoms with E-state index in [0.29, 0.717) is 18.0 Å². The molecule has 0 radical (unpaired) electrons. The molecule has 1 saturated carbocycles. The summed E-state index contributed by atoms with van der Waals surface area (Å²) in [6.45, 7) is 2.19. The summed E-state index contributed by atoms with van der Waals surface area (Å²) < 4.78 is 0. The smallest absolute Gasteiger partial charge is 0.223 e. The van der Waals surface area contributed by atoms with Crippen LogP contribution in [0.2, 0.25) is 0 Å². The Morgan fingerprint density at radius 1 is 1.00 bits per heavy atom. The SMILES string of the molecule is NC1CCC(Nc2nccc(-c3ccnc(N4CCCC4)c3)n2)CC1. The number of rotatable bonds is 4. The Morgan fingerprint density at radius 3 is 2.56 bits per heavy atom. The van der Waals surface area contributed by atoms with Gasteiger partial charge in [-0.25, -0.2) is 15.0 Å². The maximum atomic E-state index is 5.99. The van der Waals surface area contributed by atoms with Gasteiger partial charge in [0.05, 0.1) is 5.69 Å². The molecule has 1 aliphatic heterocycles. The van der Waals surface area contributed by atoms with Crippen LogP contribution in [0.1, 0.15) is 38.5 Å². The molecule has 6 nitrogen and oxygen atoms in total. The van der Waals surface area contributed by atoms with E-state index in [9.17, 15) is 0 Å². The van der Waals surface area contributed by atoms with Gasteiger partial charge in [0.1, 0.15) is 5.82 Å². The van der Waals surface area contributed by atoms with Crippen LogP contribution in [0.3, 0.4) is 0 Å². The predicted octanol–water partition coefficient (Wildman–Crippen LogP) is 2.82. The Kier molecular flexibility index (Phi) is 4.78. The molecule has 0 amide bonds. The molecule has 1 saturated heterocycles. The number of anilines is 2. The van der Waals surface area contributed by atoms with Crippen molar-refractivity contribution in [3.63, 3.8) is 0 Å². The van der Waals surface area contributed by atoms with Gasteiger partial charge in [0, 0.05) is 43.1 Å². The van der Waals surface area contributed by atoms with Crippen LogP contribution >= 0.6 is 0 Å². The van der Waals surface area contributed by atoms with Crippen LogP contribution in [0.15, 0.2) is 30.6 Å². The molecule has 0 unspecified atom stereocenters. The van der Waals surface area contributed by atoms with Crippen molar-refractivity contribution in [1.29, 1.82) is 0 Å². The number of nitrogens with two attached hydrogens (primary N) is 1. The van der Waals surface area contributed by atoms with E-state index in [-0.39, 0.29) is 0 Å². The van der Waals surface area contributed by atoms with E-state index in [2.05, 4.69) is 26.3 Å². The van der Waals surface area contributed by atoms with Crippen LogP contribution < -0.4 is 16.0 Å². The van der Waals surface area contributed by atoms with Crippen molar-refractivity contribution in [2.45, 2.75) is 50.6 Å². The highest BCUT2D eigenvalue weighted by Crippen LogP contribution is 2.25. The van der Waals surface area contributed by atoms with E-state index >= 15 is 0 Å². The second-order valence-corrected chi connectivity index (χ2v) is 7.12. The largest absolute Gasteiger partial charge is 0.357 e. The van der Waals surface area contributed by atoms with E-state index in [1.165, 1.54) is 12.8 Å². The standard InChI is InChI=1S/C19H26N6/c20-15-3-5-16(6-4-15)23-19-22-10-8-17(24-19)14-7-9-21-18(13-14)25-11-1-2-12-25/h7-10,13,15-16H,1-6,11-12,20H2,(H,22,23,24). The third kappa shape index (κ3) is 3.90. The van der Waals surface area contributed by atoms with Crippen LogP contribution in [-0.4, -0.2) is 40.1 Å². The van der Waals surface area contributed by atoms with Gasteiger partial charge in [-0.1, -0.05) is 0 Å². The molecule has 4 rings (SSSR count). The minimum absolute atomic E-state index is 0.353. The van der Waals surface area contributed by atoms with Gasteiger partial charge in [-0.2, -0.15) is 0 Å². The summed E-state index contributed by atoms with van der Waals surface area (Å²) in [4.78, 5) is 16.0. The first kappa shape index (κ1) is 16.3. The zero-order chi connectivity index (χ0) is 17.1. The fourth-order valence-corrected chi connectivity index (χ4v) is 3.73. The van der Waals surface area contributed by atoms with Crippen molar-refractivity contribution < 1.29 is 0 Å². The molecule has 3 heterocycles. The molecule has 2 fully saturated rings. The molecule has 2 aromatic rings. The Hall–Kier alpha value is -2.21. The fourth-order valence-electron chi connectivity index (χ4n) is 3.73. The molecule has 1 aliphatic carbocycles. The number of aromatic nitrogens is 3. The highest BCUT2D eigenvalue weighted by molar-refractivity contribution is 5.64. The van der Waals surface area contributed by atoms with Gasteiger partial charge in [-0.15, -0.1) is 0 Å². The summed E-state index contributed by atoms with van der Waals surface area (Å²) in [5, 5.41) is 3.48. The lowest BCUT2D eigenvalue weighted by molar-refractivity contribution is 0.410. The molecule has 6 heteroatoms. The highest BCUT2D eigenvalue weighted by Gasteiger charge is 2.19. The van der Waals surface area contributed by atoms with E-state index in [0.717, 1.165) is 55.8 Å². The van der Waals surface area contributed by atoms with Crippen LogP contribution in [0.4, 0.5) is 11.8 Å². The third-order valence-electron chi connectivity index (χ3n) is 5.23. The van der Waals surface area contributed by atoms with Crippen LogP contribution in [0.5, 0.6) is 0 Å². The van der Waals surface area contributed by atoms with Gasteiger partial charge in [0.25, 0.3) is 0 Å². The lowest BCUT2D eigenvalue weighted by Gasteiger charge is -2.26. The van der Waals surface area contributed by atoms with Gasteiger partial charge in [-0.05, 0) is 56.7 Å². The lowest BCUT2D eigenvalue weighted by Crippen LogP contribution is -2.33. The van der Waals surface area contributed by atoms with Gasteiger partial charge in [0.2, 0.25) is 5.95 Å². The topological polar surface area (TPSA) is 80.0 Å². The molecule has 25 heavy (non-hydrogen) atoms. The number of pyridine rings is 1. The van der Waals surface area contributed by atoms with E-state index in [1.807, 2.05) is 24.5 Å². The summed E-state index contributed by atoms with van der Waals surface area (Å²) in [5.41, 5.74) is 8.02. The minimum atomic E-state index is 0.353. The van der Waals surface area contributed by atoms with Crippen molar-refractivity contribution in [1.82, 2.24) is 15.0 Å².